The number of carboxylic acids is 2. The first-order valence-electron chi connectivity index (χ1n) is 12.1. The van der Waals surface area contributed by atoms with Gasteiger partial charge in [0.05, 0.1) is 24.0 Å². The predicted molar refractivity (Wildman–Crippen MR) is 129 cm³/mol. The minimum absolute atomic E-state index is 0.00717. The Labute approximate surface area is 226 Å². The first-order valence-corrected chi connectivity index (χ1v) is 12.1. The number of nitrogens with zero attached hydrogens (tertiary/aromatic N) is 2. The molecule has 1 atom stereocenters. The molecule has 0 saturated carbocycles. The Kier molecular flexibility index (Phi) is 11.5. The molecule has 0 bridgehead atoms. The zero-order valence-electron chi connectivity index (χ0n) is 21.8. The van der Waals surface area contributed by atoms with Gasteiger partial charge in [-0.25, -0.2) is 9.59 Å². The Morgan fingerprint density at radius 3 is 2.12 bits per heavy atom. The van der Waals surface area contributed by atoms with Crippen molar-refractivity contribution in [1.29, 1.82) is 0 Å². The van der Waals surface area contributed by atoms with Crippen molar-refractivity contribution in [3.8, 4) is 0 Å². The fraction of sp³-hybridized carbons (Fsp3) is 0.500. The Morgan fingerprint density at radius 2 is 1.60 bits per heavy atom. The van der Waals surface area contributed by atoms with Gasteiger partial charge < -0.3 is 19.7 Å². The van der Waals surface area contributed by atoms with Gasteiger partial charge in [0.15, 0.2) is 0 Å². The minimum Gasteiger partial charge on any atom is -0.475 e. The number of carboxylic acid groups (broad SMARTS) is 2. The Morgan fingerprint density at radius 1 is 1.02 bits per heavy atom. The minimum atomic E-state index is -5.08. The van der Waals surface area contributed by atoms with Gasteiger partial charge in [-0.1, -0.05) is 35.9 Å². The highest BCUT2D eigenvalue weighted by Crippen LogP contribution is 2.36. The molecule has 2 aliphatic rings. The SMILES string of the molecule is Cc1cccc(CN2CC3(CC(OCc4cccc(C)n4)CCO3)C2)c1.O=C(O)C(F)(F)F.O=C(O)C(F)(F)F. The van der Waals surface area contributed by atoms with Crippen LogP contribution in [-0.2, 0) is 32.2 Å². The van der Waals surface area contributed by atoms with Crippen LogP contribution < -0.4 is 0 Å². The quantitative estimate of drug-likeness (QED) is 0.480. The Bertz CT molecular complexity index is 1110. The Balaban J connectivity index is 0.000000333. The number of rotatable bonds is 5. The molecule has 1 aromatic heterocycles. The monoisotopic (exact) mass is 580 g/mol. The highest BCUT2D eigenvalue weighted by Gasteiger charge is 2.47. The molecule has 2 aliphatic heterocycles. The summed E-state index contributed by atoms with van der Waals surface area (Å²) >= 11 is 0. The van der Waals surface area contributed by atoms with Crippen LogP contribution in [0.3, 0.4) is 0 Å². The van der Waals surface area contributed by atoms with Crippen molar-refractivity contribution in [2.75, 3.05) is 19.7 Å². The summed E-state index contributed by atoms with van der Waals surface area (Å²) in [7, 11) is 0. The van der Waals surface area contributed by atoms with Gasteiger partial charge >= 0.3 is 24.3 Å². The van der Waals surface area contributed by atoms with Crippen LogP contribution >= 0.6 is 0 Å². The summed E-state index contributed by atoms with van der Waals surface area (Å²) in [5.74, 6) is -5.51. The van der Waals surface area contributed by atoms with Crippen molar-refractivity contribution in [2.24, 2.45) is 0 Å². The maximum atomic E-state index is 10.6. The number of aryl methyl sites for hydroxylation is 2. The summed E-state index contributed by atoms with van der Waals surface area (Å²) in [6.07, 6.45) is -7.93. The average molecular weight is 581 g/mol. The van der Waals surface area contributed by atoms with Crippen molar-refractivity contribution in [3.05, 3.63) is 65.0 Å². The normalized spacial score (nSPS) is 18.4. The molecule has 40 heavy (non-hydrogen) atoms. The molecule has 222 valence electrons. The van der Waals surface area contributed by atoms with Crippen molar-refractivity contribution in [1.82, 2.24) is 9.88 Å². The van der Waals surface area contributed by atoms with Crippen molar-refractivity contribution in [3.63, 3.8) is 0 Å². The number of alkyl halides is 6. The molecule has 2 N–H and O–H groups in total. The van der Waals surface area contributed by atoms with E-state index in [1.807, 2.05) is 25.1 Å². The molecule has 2 saturated heterocycles. The number of likely N-dealkylation sites (tertiary alicyclic amines) is 1. The van der Waals surface area contributed by atoms with E-state index in [9.17, 15) is 26.3 Å². The molecule has 1 spiro atoms. The zero-order chi connectivity index (χ0) is 30.1. The summed E-state index contributed by atoms with van der Waals surface area (Å²) < 4.78 is 75.8. The lowest BCUT2D eigenvalue weighted by Crippen LogP contribution is -2.65. The topological polar surface area (TPSA) is 109 Å². The van der Waals surface area contributed by atoms with E-state index in [2.05, 4.69) is 41.1 Å². The third-order valence-electron chi connectivity index (χ3n) is 5.86. The maximum Gasteiger partial charge on any atom is 0.490 e. The van der Waals surface area contributed by atoms with Gasteiger partial charge in [0.1, 0.15) is 0 Å². The third-order valence-corrected chi connectivity index (χ3v) is 5.86. The van der Waals surface area contributed by atoms with Gasteiger partial charge in [-0.05, 0) is 38.0 Å². The van der Waals surface area contributed by atoms with Crippen LogP contribution in [0, 0.1) is 13.8 Å². The third kappa shape index (κ3) is 11.1. The number of benzene rings is 1. The number of hydrogen-bond donors (Lipinski definition) is 2. The zero-order valence-corrected chi connectivity index (χ0v) is 21.8. The second kappa shape index (κ2) is 13.9. The number of aliphatic carboxylic acids is 2. The summed E-state index contributed by atoms with van der Waals surface area (Å²) in [6.45, 7) is 8.57. The molecule has 3 heterocycles. The molecule has 0 radical (unpaired) electrons. The van der Waals surface area contributed by atoms with E-state index in [0.717, 1.165) is 50.5 Å². The van der Waals surface area contributed by atoms with Crippen LogP contribution in [0.15, 0.2) is 42.5 Å². The number of pyridine rings is 1. The first kappa shape index (κ1) is 33.0. The standard InChI is InChI=1S/C22H28N2O2.2C2HF3O2/c1-17-5-3-7-19(11-17)13-24-15-22(16-24)12-21(9-10-26-22)25-14-20-8-4-6-18(2)23-20;2*3-2(4,5)1(6)7/h3-8,11,21H,9-10,12-16H2,1-2H3;2*(H,6,7). The van der Waals surface area contributed by atoms with E-state index < -0.39 is 24.3 Å². The number of aromatic nitrogens is 1. The lowest BCUT2D eigenvalue weighted by molar-refractivity contribution is -0.200. The second-order valence-corrected chi connectivity index (χ2v) is 9.47. The number of carbonyl (C=O) groups is 2. The van der Waals surface area contributed by atoms with Gasteiger partial charge in [0.2, 0.25) is 0 Å². The molecule has 8 nitrogen and oxygen atoms in total. The molecule has 2 aromatic rings. The number of halogens is 6. The van der Waals surface area contributed by atoms with E-state index in [1.165, 1.54) is 11.1 Å². The van der Waals surface area contributed by atoms with E-state index in [0.29, 0.717) is 6.61 Å². The van der Waals surface area contributed by atoms with Crippen molar-refractivity contribution >= 4 is 11.9 Å². The van der Waals surface area contributed by atoms with Gasteiger partial charge in [0, 0.05) is 38.4 Å². The second-order valence-electron chi connectivity index (χ2n) is 9.47. The fourth-order valence-electron chi connectivity index (χ4n) is 4.18. The molecular formula is C26H30F6N2O6. The summed E-state index contributed by atoms with van der Waals surface area (Å²) in [5, 5.41) is 14.2. The molecule has 14 heteroatoms. The summed E-state index contributed by atoms with van der Waals surface area (Å²) in [5.41, 5.74) is 4.76. The number of hydrogen-bond acceptors (Lipinski definition) is 6. The molecule has 0 amide bonds. The molecule has 1 aromatic carbocycles. The van der Waals surface area contributed by atoms with Gasteiger partial charge in [-0.15, -0.1) is 0 Å². The van der Waals surface area contributed by atoms with E-state index in [-0.39, 0.29) is 11.7 Å². The first-order chi connectivity index (χ1) is 18.5. The van der Waals surface area contributed by atoms with Crippen LogP contribution in [0.25, 0.3) is 0 Å². The smallest absolute Gasteiger partial charge is 0.475 e. The van der Waals surface area contributed by atoms with E-state index in [4.69, 9.17) is 29.3 Å². The van der Waals surface area contributed by atoms with E-state index >= 15 is 0 Å². The molecule has 4 rings (SSSR count). The average Bonchev–Trinajstić information content (AvgIpc) is 2.82. The Hall–Kier alpha value is -3.23. The van der Waals surface area contributed by atoms with Gasteiger partial charge in [-0.3, -0.25) is 9.88 Å². The summed E-state index contributed by atoms with van der Waals surface area (Å²) in [6, 6.07) is 14.9. The lowest BCUT2D eigenvalue weighted by atomic mass is 9.84. The van der Waals surface area contributed by atoms with Crippen LogP contribution in [0.1, 0.15) is 35.4 Å². The van der Waals surface area contributed by atoms with Gasteiger partial charge in [-0.2, -0.15) is 26.3 Å². The van der Waals surface area contributed by atoms with Crippen LogP contribution in [0.4, 0.5) is 26.3 Å². The predicted octanol–water partition coefficient (Wildman–Crippen LogP) is 4.92. The fourth-order valence-corrected chi connectivity index (χ4v) is 4.18. The maximum absolute atomic E-state index is 10.6. The van der Waals surface area contributed by atoms with Crippen molar-refractivity contribution < 1.29 is 55.6 Å². The van der Waals surface area contributed by atoms with Crippen LogP contribution in [-0.4, -0.2) is 75.8 Å². The highest BCUT2D eigenvalue weighted by atomic mass is 19.4. The summed E-state index contributed by atoms with van der Waals surface area (Å²) in [4.78, 5) is 24.8. The van der Waals surface area contributed by atoms with Crippen LogP contribution in [0.5, 0.6) is 0 Å². The molecule has 2 fully saturated rings. The number of ether oxygens (including phenoxy) is 2. The molecule has 0 aliphatic carbocycles. The highest BCUT2D eigenvalue weighted by molar-refractivity contribution is 5.73. The van der Waals surface area contributed by atoms with Gasteiger partial charge in [0.25, 0.3) is 0 Å². The van der Waals surface area contributed by atoms with E-state index in [1.54, 1.807) is 0 Å². The van der Waals surface area contributed by atoms with Crippen LogP contribution in [0.2, 0.25) is 0 Å². The molecular weight excluding hydrogens is 550 g/mol. The van der Waals surface area contributed by atoms with Crippen molar-refractivity contribution in [2.45, 2.75) is 63.9 Å². The largest absolute Gasteiger partial charge is 0.490 e. The lowest BCUT2D eigenvalue weighted by Gasteiger charge is -2.53. The molecule has 1 unspecified atom stereocenters.